The van der Waals surface area contributed by atoms with Crippen LogP contribution in [-0.4, -0.2) is 39.0 Å². The molecule has 0 aliphatic carbocycles. The Hall–Kier alpha value is -6.25. The van der Waals surface area contributed by atoms with E-state index in [-0.39, 0.29) is 5.97 Å². The minimum Gasteiger partial charge on any atom is -0.494 e. The lowest BCUT2D eigenvalue weighted by Gasteiger charge is -2.14. The van der Waals surface area contributed by atoms with Crippen molar-refractivity contribution < 1.29 is 28.5 Å². The van der Waals surface area contributed by atoms with Gasteiger partial charge in [-0.2, -0.15) is 10.5 Å². The summed E-state index contributed by atoms with van der Waals surface area (Å²) in [5.41, 5.74) is 6.20. The SMILES string of the molecule is CCOC(=O)c1ccc(OCCCCCCCCCCOc2ccc(-c3ccc(C#N)cc3)cc2)c(OCCCCCCCCCCOc2ccc(-c3ccc(C#N)cc3)cc2)c1. The molecule has 63 heavy (non-hydrogen) atoms. The number of carbonyl (C=O) groups is 1. The third-order valence-electron chi connectivity index (χ3n) is 11.0. The van der Waals surface area contributed by atoms with Gasteiger partial charge in [-0.15, -0.1) is 0 Å². The molecule has 0 saturated heterocycles. The molecule has 0 N–H and O–H groups in total. The molecule has 0 amide bonds. The van der Waals surface area contributed by atoms with E-state index in [1.54, 1.807) is 12.1 Å². The molecule has 0 bridgehead atoms. The molecule has 0 aliphatic rings. The Kier molecular flexibility index (Phi) is 21.5. The standard InChI is InChI=1S/C55H64N2O6/c1-2-59-55(58)50-31-36-53(62-39-17-13-9-5-3-7-11-15-37-60-51-32-27-48(28-33-51)46-23-19-44(42-56)20-24-46)54(41-50)63-40-18-14-10-6-4-8-12-16-38-61-52-34-29-49(30-35-52)47-25-21-45(43-57)22-26-47/h19-36,41H,2-18,37-40H2,1H3. The maximum absolute atomic E-state index is 12.4. The Morgan fingerprint density at radius 3 is 1.11 bits per heavy atom. The Balaban J connectivity index is 0.862. The van der Waals surface area contributed by atoms with E-state index in [1.165, 1.54) is 51.4 Å². The fraction of sp³-hybridized carbons (Fsp3) is 0.400. The molecule has 0 saturated carbocycles. The molecule has 0 spiro atoms. The number of carbonyl (C=O) groups excluding carboxylic acids is 1. The second kappa shape index (κ2) is 28.4. The summed E-state index contributed by atoms with van der Waals surface area (Å²) in [6.45, 7) is 4.77. The minimum absolute atomic E-state index is 0.325. The Bertz CT molecular complexity index is 2140. The van der Waals surface area contributed by atoms with Crippen LogP contribution in [0, 0.1) is 22.7 Å². The molecule has 0 radical (unpaired) electrons. The quantitative estimate of drug-likeness (QED) is 0.0332. The minimum atomic E-state index is -0.352. The number of esters is 1. The molecular weight excluding hydrogens is 785 g/mol. The molecule has 0 unspecified atom stereocenters. The summed E-state index contributed by atoms with van der Waals surface area (Å²) in [5, 5.41) is 18.0. The van der Waals surface area contributed by atoms with Crippen LogP contribution in [0.5, 0.6) is 23.0 Å². The van der Waals surface area contributed by atoms with Gasteiger partial charge in [0, 0.05) is 0 Å². The van der Waals surface area contributed by atoms with Crippen molar-refractivity contribution in [3.63, 3.8) is 0 Å². The molecule has 0 fully saturated rings. The number of ether oxygens (including phenoxy) is 5. The summed E-state index contributed by atoms with van der Waals surface area (Å²) in [5.74, 6) is 2.70. The van der Waals surface area contributed by atoms with Gasteiger partial charge in [0.25, 0.3) is 0 Å². The van der Waals surface area contributed by atoms with Gasteiger partial charge in [0.1, 0.15) is 11.5 Å². The number of nitrogens with zero attached hydrogens (tertiary/aromatic N) is 2. The normalized spacial score (nSPS) is 10.7. The Morgan fingerprint density at radius 2 is 0.746 bits per heavy atom. The summed E-state index contributed by atoms with van der Waals surface area (Å²) >= 11 is 0. The highest BCUT2D eigenvalue weighted by atomic mass is 16.5. The lowest BCUT2D eigenvalue weighted by Crippen LogP contribution is -2.07. The molecular formula is C55H64N2O6. The highest BCUT2D eigenvalue weighted by Crippen LogP contribution is 2.30. The fourth-order valence-corrected chi connectivity index (χ4v) is 7.32. The molecule has 0 aliphatic heterocycles. The van der Waals surface area contributed by atoms with E-state index in [4.69, 9.17) is 34.2 Å². The highest BCUT2D eigenvalue weighted by Gasteiger charge is 2.13. The monoisotopic (exact) mass is 848 g/mol. The number of nitriles is 2. The van der Waals surface area contributed by atoms with E-state index in [0.717, 1.165) is 98.3 Å². The molecule has 8 nitrogen and oxygen atoms in total. The molecule has 330 valence electrons. The largest absolute Gasteiger partial charge is 0.494 e. The van der Waals surface area contributed by atoms with E-state index < -0.39 is 0 Å². The summed E-state index contributed by atoms with van der Waals surface area (Å²) < 4.78 is 29.5. The van der Waals surface area contributed by atoms with E-state index in [1.807, 2.05) is 85.8 Å². The van der Waals surface area contributed by atoms with Crippen molar-refractivity contribution in [3.05, 3.63) is 132 Å². The lowest BCUT2D eigenvalue weighted by atomic mass is 10.0. The zero-order valence-corrected chi connectivity index (χ0v) is 37.2. The first kappa shape index (κ1) is 47.8. The van der Waals surface area contributed by atoms with Gasteiger partial charge in [-0.1, -0.05) is 126 Å². The maximum Gasteiger partial charge on any atom is 0.338 e. The molecule has 0 aromatic heterocycles. The van der Waals surface area contributed by atoms with Crippen LogP contribution in [0.2, 0.25) is 0 Å². The number of hydrogen-bond acceptors (Lipinski definition) is 8. The number of benzene rings is 5. The average Bonchev–Trinajstić information content (AvgIpc) is 3.33. The van der Waals surface area contributed by atoms with Crippen LogP contribution in [0.1, 0.15) is 131 Å². The zero-order valence-electron chi connectivity index (χ0n) is 37.2. The first-order valence-corrected chi connectivity index (χ1v) is 23.1. The van der Waals surface area contributed by atoms with Crippen molar-refractivity contribution in [3.8, 4) is 57.4 Å². The van der Waals surface area contributed by atoms with Crippen LogP contribution in [-0.2, 0) is 4.74 Å². The zero-order chi connectivity index (χ0) is 44.2. The molecule has 5 rings (SSSR count). The third-order valence-corrected chi connectivity index (χ3v) is 11.0. The van der Waals surface area contributed by atoms with Crippen molar-refractivity contribution in [2.45, 2.75) is 110 Å². The van der Waals surface area contributed by atoms with Crippen molar-refractivity contribution in [1.29, 1.82) is 10.5 Å². The van der Waals surface area contributed by atoms with E-state index >= 15 is 0 Å². The summed E-state index contributed by atoms with van der Waals surface area (Å²) in [4.78, 5) is 12.4. The van der Waals surface area contributed by atoms with Gasteiger partial charge >= 0.3 is 5.97 Å². The molecule has 5 aromatic carbocycles. The van der Waals surface area contributed by atoms with Gasteiger partial charge < -0.3 is 23.7 Å². The second-order valence-electron chi connectivity index (χ2n) is 15.9. The first-order valence-electron chi connectivity index (χ1n) is 23.1. The van der Waals surface area contributed by atoms with Crippen molar-refractivity contribution in [2.75, 3.05) is 33.0 Å². The van der Waals surface area contributed by atoms with E-state index in [9.17, 15) is 4.79 Å². The Morgan fingerprint density at radius 1 is 0.413 bits per heavy atom. The Labute approximate surface area is 375 Å². The molecule has 0 heterocycles. The van der Waals surface area contributed by atoms with Gasteiger partial charge in [-0.25, -0.2) is 4.79 Å². The summed E-state index contributed by atoms with van der Waals surface area (Å²) in [6, 6.07) is 41.2. The van der Waals surface area contributed by atoms with Gasteiger partial charge in [0.2, 0.25) is 0 Å². The molecule has 0 atom stereocenters. The van der Waals surface area contributed by atoms with Gasteiger partial charge in [0.15, 0.2) is 11.5 Å². The van der Waals surface area contributed by atoms with E-state index in [0.29, 0.717) is 48.0 Å². The predicted octanol–water partition coefficient (Wildman–Crippen LogP) is 14.1. The van der Waals surface area contributed by atoms with Gasteiger partial charge in [0.05, 0.1) is 61.9 Å². The lowest BCUT2D eigenvalue weighted by molar-refractivity contribution is 0.0525. The summed E-state index contributed by atoms with van der Waals surface area (Å²) in [7, 11) is 0. The average molecular weight is 849 g/mol. The second-order valence-corrected chi connectivity index (χ2v) is 15.9. The van der Waals surface area contributed by atoms with Crippen LogP contribution >= 0.6 is 0 Å². The van der Waals surface area contributed by atoms with Crippen LogP contribution in [0.4, 0.5) is 0 Å². The van der Waals surface area contributed by atoms with Crippen molar-refractivity contribution in [1.82, 2.24) is 0 Å². The maximum atomic E-state index is 12.4. The van der Waals surface area contributed by atoms with Crippen LogP contribution in [0.25, 0.3) is 22.3 Å². The molecule has 5 aromatic rings. The smallest absolute Gasteiger partial charge is 0.338 e. The number of unbranched alkanes of at least 4 members (excludes halogenated alkanes) is 14. The van der Waals surface area contributed by atoms with E-state index in [2.05, 4.69) is 36.4 Å². The predicted molar refractivity (Wildman–Crippen MR) is 251 cm³/mol. The number of hydrogen-bond donors (Lipinski definition) is 0. The van der Waals surface area contributed by atoms with Gasteiger partial charge in [-0.05, 0) is 122 Å². The highest BCUT2D eigenvalue weighted by molar-refractivity contribution is 5.90. The van der Waals surface area contributed by atoms with Crippen LogP contribution in [0.15, 0.2) is 115 Å². The van der Waals surface area contributed by atoms with Gasteiger partial charge in [-0.3, -0.25) is 0 Å². The topological polar surface area (TPSA) is 111 Å². The van der Waals surface area contributed by atoms with Crippen LogP contribution < -0.4 is 18.9 Å². The molecule has 8 heteroatoms. The number of rotatable bonds is 30. The third kappa shape index (κ3) is 17.6. The fourth-order valence-electron chi connectivity index (χ4n) is 7.32. The first-order chi connectivity index (χ1) is 31.1. The van der Waals surface area contributed by atoms with Crippen LogP contribution in [0.3, 0.4) is 0 Å². The summed E-state index contributed by atoms with van der Waals surface area (Å²) in [6.07, 6.45) is 18.2. The van der Waals surface area contributed by atoms with Crippen molar-refractivity contribution in [2.24, 2.45) is 0 Å². The van der Waals surface area contributed by atoms with Crippen molar-refractivity contribution >= 4 is 5.97 Å².